The lowest BCUT2D eigenvalue weighted by Crippen LogP contribution is -2.25. The maximum atomic E-state index is 4.41. The Bertz CT molecular complexity index is 304. The van der Waals surface area contributed by atoms with Crippen molar-refractivity contribution in [3.63, 3.8) is 0 Å². The Hall–Kier alpha value is -0.410. The number of hydrogen-bond donors (Lipinski definition) is 1. The smallest absolute Gasteiger partial charge is 0.107 e. The van der Waals surface area contributed by atoms with E-state index in [0.717, 1.165) is 18.9 Å². The van der Waals surface area contributed by atoms with Crippen LogP contribution in [-0.4, -0.2) is 11.0 Å². The Morgan fingerprint density at radius 2 is 2.40 bits per heavy atom. The van der Waals surface area contributed by atoms with E-state index < -0.39 is 0 Å². The first-order valence-electron chi connectivity index (χ1n) is 5.95. The second kappa shape index (κ2) is 5.08. The largest absolute Gasteiger partial charge is 0.308 e. The van der Waals surface area contributed by atoms with Crippen LogP contribution >= 0.6 is 11.3 Å². The lowest BCUT2D eigenvalue weighted by Gasteiger charge is -2.11. The molecule has 0 saturated heterocycles. The molecule has 1 N–H and O–H groups in total. The fourth-order valence-corrected chi connectivity index (χ4v) is 2.60. The molecule has 1 fully saturated rings. The summed E-state index contributed by atoms with van der Waals surface area (Å²) in [5.41, 5.74) is 0. The molecule has 2 nitrogen and oxygen atoms in total. The van der Waals surface area contributed by atoms with E-state index in [-0.39, 0.29) is 0 Å². The number of nitrogens with one attached hydrogen (secondary N) is 1. The van der Waals surface area contributed by atoms with E-state index in [1.165, 1.54) is 29.1 Å². The highest BCUT2D eigenvalue weighted by Crippen LogP contribution is 2.33. The highest BCUT2D eigenvalue weighted by atomic mass is 32.1. The number of rotatable bonds is 6. The Labute approximate surface area is 96.1 Å². The first kappa shape index (κ1) is 11.1. The van der Waals surface area contributed by atoms with Gasteiger partial charge in [0.2, 0.25) is 0 Å². The molecule has 2 rings (SSSR count). The van der Waals surface area contributed by atoms with Gasteiger partial charge in [-0.2, -0.15) is 0 Å². The van der Waals surface area contributed by atoms with Crippen LogP contribution in [0.5, 0.6) is 0 Å². The summed E-state index contributed by atoms with van der Waals surface area (Å²) < 4.78 is 0. The highest BCUT2D eigenvalue weighted by molar-refractivity contribution is 7.11. The quantitative estimate of drug-likeness (QED) is 0.803. The maximum Gasteiger partial charge on any atom is 0.107 e. The molecule has 0 spiro atoms. The summed E-state index contributed by atoms with van der Waals surface area (Å²) >= 11 is 1.84. The normalized spacial score (nSPS) is 18.0. The summed E-state index contributed by atoms with van der Waals surface area (Å²) in [5, 5.41) is 4.79. The minimum atomic E-state index is 0.645. The summed E-state index contributed by atoms with van der Waals surface area (Å²) in [4.78, 5) is 5.80. The van der Waals surface area contributed by atoms with Gasteiger partial charge in [-0.05, 0) is 25.7 Å². The molecular formula is C12H20N2S. The van der Waals surface area contributed by atoms with Gasteiger partial charge in [-0.15, -0.1) is 11.3 Å². The minimum absolute atomic E-state index is 0.645. The van der Waals surface area contributed by atoms with Gasteiger partial charge in [0.25, 0.3) is 0 Å². The van der Waals surface area contributed by atoms with Gasteiger partial charge >= 0.3 is 0 Å². The van der Waals surface area contributed by atoms with E-state index in [0.29, 0.717) is 6.04 Å². The minimum Gasteiger partial charge on any atom is -0.308 e. The summed E-state index contributed by atoms with van der Waals surface area (Å²) in [7, 11) is 0. The summed E-state index contributed by atoms with van der Waals surface area (Å²) in [6.45, 7) is 5.41. The molecule has 0 aliphatic heterocycles. The average molecular weight is 224 g/mol. The van der Waals surface area contributed by atoms with Crippen molar-refractivity contribution in [2.45, 2.75) is 52.1 Å². The van der Waals surface area contributed by atoms with Crippen LogP contribution in [0.15, 0.2) is 6.20 Å². The number of thiazole rings is 1. The van der Waals surface area contributed by atoms with E-state index in [2.05, 4.69) is 24.1 Å². The van der Waals surface area contributed by atoms with Crippen molar-refractivity contribution in [2.75, 3.05) is 0 Å². The first-order chi connectivity index (χ1) is 7.28. The molecule has 0 aromatic carbocycles. The van der Waals surface area contributed by atoms with Crippen molar-refractivity contribution in [2.24, 2.45) is 5.92 Å². The van der Waals surface area contributed by atoms with E-state index in [1.54, 1.807) is 0 Å². The molecule has 84 valence electrons. The second-order valence-corrected chi connectivity index (χ2v) is 5.73. The molecule has 0 radical (unpaired) electrons. The van der Waals surface area contributed by atoms with Gasteiger partial charge < -0.3 is 5.32 Å². The fourth-order valence-electron chi connectivity index (χ4n) is 1.79. The predicted molar refractivity (Wildman–Crippen MR) is 65.1 cm³/mol. The van der Waals surface area contributed by atoms with Crippen molar-refractivity contribution >= 4 is 11.3 Å². The van der Waals surface area contributed by atoms with Crippen LogP contribution in [0.3, 0.4) is 0 Å². The SMILES string of the molecule is CCc1cnc(CNC(C)CC2CC2)s1. The zero-order chi connectivity index (χ0) is 10.7. The lowest BCUT2D eigenvalue weighted by atomic mass is 10.2. The van der Waals surface area contributed by atoms with E-state index in [1.807, 2.05) is 17.5 Å². The van der Waals surface area contributed by atoms with Gasteiger partial charge in [0.1, 0.15) is 5.01 Å². The Balaban J connectivity index is 1.71. The standard InChI is InChI=1S/C12H20N2S/c1-3-11-7-14-12(15-11)8-13-9(2)6-10-4-5-10/h7,9-10,13H,3-6,8H2,1-2H3. The van der Waals surface area contributed by atoms with Crippen molar-refractivity contribution in [1.82, 2.24) is 10.3 Å². The Morgan fingerprint density at radius 3 is 3.00 bits per heavy atom. The average Bonchev–Trinajstić information content (AvgIpc) is 2.92. The first-order valence-corrected chi connectivity index (χ1v) is 6.76. The molecule has 1 aromatic heterocycles. The second-order valence-electron chi connectivity index (χ2n) is 4.53. The van der Waals surface area contributed by atoms with Gasteiger partial charge in [0.15, 0.2) is 0 Å². The molecule has 1 aliphatic carbocycles. The number of aryl methyl sites for hydroxylation is 1. The molecule has 0 amide bonds. The molecule has 1 aromatic rings. The van der Waals surface area contributed by atoms with E-state index >= 15 is 0 Å². The zero-order valence-electron chi connectivity index (χ0n) is 9.62. The maximum absolute atomic E-state index is 4.41. The molecule has 3 heteroatoms. The molecular weight excluding hydrogens is 204 g/mol. The van der Waals surface area contributed by atoms with Gasteiger partial charge in [0, 0.05) is 23.7 Å². The lowest BCUT2D eigenvalue weighted by molar-refractivity contribution is 0.487. The van der Waals surface area contributed by atoms with Gasteiger partial charge in [0.05, 0.1) is 0 Å². The van der Waals surface area contributed by atoms with E-state index in [9.17, 15) is 0 Å². The summed E-state index contributed by atoms with van der Waals surface area (Å²) in [6.07, 6.45) is 7.35. The fraction of sp³-hybridized carbons (Fsp3) is 0.750. The van der Waals surface area contributed by atoms with Gasteiger partial charge in [-0.25, -0.2) is 4.98 Å². The monoisotopic (exact) mass is 224 g/mol. The van der Waals surface area contributed by atoms with Crippen LogP contribution in [0.25, 0.3) is 0 Å². The van der Waals surface area contributed by atoms with Crippen LogP contribution < -0.4 is 5.32 Å². The number of hydrogen-bond acceptors (Lipinski definition) is 3. The molecule has 1 aliphatic rings. The van der Waals surface area contributed by atoms with Crippen molar-refractivity contribution in [3.8, 4) is 0 Å². The third-order valence-corrected chi connectivity index (χ3v) is 4.08. The predicted octanol–water partition coefficient (Wildman–Crippen LogP) is 2.98. The Morgan fingerprint density at radius 1 is 1.60 bits per heavy atom. The number of nitrogens with zero attached hydrogens (tertiary/aromatic N) is 1. The molecule has 15 heavy (non-hydrogen) atoms. The summed E-state index contributed by atoms with van der Waals surface area (Å²) in [6, 6.07) is 0.645. The van der Waals surface area contributed by atoms with E-state index in [4.69, 9.17) is 0 Å². The topological polar surface area (TPSA) is 24.9 Å². The third-order valence-electron chi connectivity index (χ3n) is 2.94. The van der Waals surface area contributed by atoms with Crippen LogP contribution in [0.1, 0.15) is 43.0 Å². The van der Waals surface area contributed by atoms with Gasteiger partial charge in [-0.3, -0.25) is 0 Å². The van der Waals surface area contributed by atoms with Crippen molar-refractivity contribution in [3.05, 3.63) is 16.1 Å². The molecule has 1 saturated carbocycles. The summed E-state index contributed by atoms with van der Waals surface area (Å²) in [5.74, 6) is 1.01. The van der Waals surface area contributed by atoms with Crippen LogP contribution in [0, 0.1) is 5.92 Å². The van der Waals surface area contributed by atoms with Crippen molar-refractivity contribution in [1.29, 1.82) is 0 Å². The highest BCUT2D eigenvalue weighted by Gasteiger charge is 2.23. The van der Waals surface area contributed by atoms with Crippen LogP contribution in [0.4, 0.5) is 0 Å². The molecule has 1 unspecified atom stereocenters. The molecule has 1 atom stereocenters. The molecule has 1 heterocycles. The van der Waals surface area contributed by atoms with Gasteiger partial charge in [-0.1, -0.05) is 19.8 Å². The third kappa shape index (κ3) is 3.58. The van der Waals surface area contributed by atoms with Crippen molar-refractivity contribution < 1.29 is 0 Å². The number of aromatic nitrogens is 1. The van der Waals surface area contributed by atoms with Crippen LogP contribution in [-0.2, 0) is 13.0 Å². The van der Waals surface area contributed by atoms with Crippen LogP contribution in [0.2, 0.25) is 0 Å². The zero-order valence-corrected chi connectivity index (χ0v) is 10.4. The Kier molecular flexibility index (Phi) is 3.76. The molecule has 0 bridgehead atoms.